The van der Waals surface area contributed by atoms with E-state index in [1.807, 2.05) is 0 Å². The molecule has 0 amide bonds. The van der Waals surface area contributed by atoms with Crippen LogP contribution in [0.5, 0.6) is 0 Å². The van der Waals surface area contributed by atoms with Crippen LogP contribution in [0.3, 0.4) is 0 Å². The third kappa shape index (κ3) is 8.87. The fraction of sp³-hybridized carbons (Fsp3) is 0. The van der Waals surface area contributed by atoms with Crippen molar-refractivity contribution in [3.8, 4) is 0 Å². The Balaban J connectivity index is 0. The number of hydrogen-bond donors (Lipinski definition) is 0. The fourth-order valence-electron chi connectivity index (χ4n) is 0. The van der Waals surface area contributed by atoms with E-state index >= 15 is 0 Å². The van der Waals surface area contributed by atoms with Crippen molar-refractivity contribution in [2.24, 2.45) is 0 Å². The van der Waals surface area contributed by atoms with E-state index in [0.717, 1.165) is 0 Å². The third-order valence-electron chi connectivity index (χ3n) is 0. The molecule has 0 atom stereocenters. The summed E-state index contributed by atoms with van der Waals surface area (Å²) in [5, 5.41) is 0. The summed E-state index contributed by atoms with van der Waals surface area (Å²) in [6, 6.07) is 0. The number of halogens is 1. The third-order valence-corrected chi connectivity index (χ3v) is 0. The topological polar surface area (TPSA) is 31.5 Å². The summed E-state index contributed by atoms with van der Waals surface area (Å²) in [7, 11) is 0. The van der Waals surface area contributed by atoms with Crippen molar-refractivity contribution in [1.29, 1.82) is 0 Å². The second kappa shape index (κ2) is 18.7. The molecule has 0 aliphatic carbocycles. The normalized spacial score (nSPS) is 0. The van der Waals surface area contributed by atoms with Crippen molar-refractivity contribution in [2.45, 2.75) is 0 Å². The minimum absolute atomic E-state index is 0. The molecule has 0 saturated carbocycles. The van der Waals surface area contributed by atoms with Gasteiger partial charge in [-0.15, -0.1) is 12.4 Å². The predicted octanol–water partition coefficient (Wildman–Crippen LogP) is -4.05. The van der Waals surface area contributed by atoms with Gasteiger partial charge in [-0.2, -0.15) is 0 Å². The number of rotatable bonds is 0. The van der Waals surface area contributed by atoms with Crippen molar-refractivity contribution >= 4 is 42.0 Å². The second-order valence-electron chi connectivity index (χ2n) is 0. The van der Waals surface area contributed by atoms with E-state index in [2.05, 4.69) is 0 Å². The first-order valence-electron chi connectivity index (χ1n) is 0. The van der Waals surface area contributed by atoms with Crippen LogP contribution in [-0.4, -0.2) is 35.0 Å². The molecule has 0 radical (unpaired) electrons. The Hall–Kier alpha value is 2.25. The van der Waals surface area contributed by atoms with Gasteiger partial charge in [-0.3, -0.25) is 0 Å². The molecule has 1 nitrogen and oxygen atoms in total. The van der Waals surface area contributed by atoms with E-state index in [1.54, 1.807) is 0 Å². The molecule has 0 spiro atoms. The molecular formula is H4ClNa2O+. The molecule has 0 aliphatic rings. The standard InChI is InChI=1S/ClH.2Na.H2O.H/h1H;;;1H2;/q;;+1;;. The van der Waals surface area contributed by atoms with Crippen molar-refractivity contribution in [2.75, 3.05) is 0 Å². The van der Waals surface area contributed by atoms with Gasteiger partial charge < -0.3 is 5.48 Å². The van der Waals surface area contributed by atoms with Gasteiger partial charge in [0.1, 0.15) is 0 Å². The van der Waals surface area contributed by atoms with Gasteiger partial charge in [0, 0.05) is 0 Å². The van der Waals surface area contributed by atoms with Gasteiger partial charge in [-0.25, -0.2) is 0 Å². The Morgan fingerprint density at radius 2 is 1.00 bits per heavy atom. The van der Waals surface area contributed by atoms with E-state index < -0.39 is 0 Å². The molecule has 0 aromatic rings. The average molecular weight is 101 g/mol. The first-order valence-corrected chi connectivity index (χ1v) is 0. The molecule has 0 fully saturated rings. The summed E-state index contributed by atoms with van der Waals surface area (Å²) in [5.74, 6) is 0. The van der Waals surface area contributed by atoms with E-state index in [9.17, 15) is 0 Å². The molecule has 0 bridgehead atoms. The molecule has 4 heavy (non-hydrogen) atoms. The van der Waals surface area contributed by atoms with Gasteiger partial charge in [-0.05, 0) is 0 Å². The molecule has 2 N–H and O–H groups in total. The summed E-state index contributed by atoms with van der Waals surface area (Å²) in [4.78, 5) is 0. The quantitative estimate of drug-likeness (QED) is 0.278. The molecule has 0 heterocycles. The predicted molar refractivity (Wildman–Crippen MR) is 18.0 cm³/mol. The summed E-state index contributed by atoms with van der Waals surface area (Å²) >= 11 is 0. The van der Waals surface area contributed by atoms with Crippen LogP contribution in [0.15, 0.2) is 0 Å². The molecule has 0 saturated heterocycles. The minimum atomic E-state index is 0. The summed E-state index contributed by atoms with van der Waals surface area (Å²) in [6.07, 6.45) is 0. The average Bonchev–Trinajstić information content (AvgIpc) is 0. The van der Waals surface area contributed by atoms with E-state index in [4.69, 9.17) is 0 Å². The maximum absolute atomic E-state index is 0. The Labute approximate surface area is 75.8 Å². The zero-order chi connectivity index (χ0) is 0. The van der Waals surface area contributed by atoms with E-state index in [0.29, 0.717) is 0 Å². The molecule has 0 aliphatic heterocycles. The molecule has 4 heteroatoms. The van der Waals surface area contributed by atoms with Gasteiger partial charge in [0.25, 0.3) is 0 Å². The van der Waals surface area contributed by atoms with Crippen LogP contribution in [-0.2, 0) is 0 Å². The van der Waals surface area contributed by atoms with Crippen LogP contribution in [0.4, 0.5) is 0 Å². The van der Waals surface area contributed by atoms with Crippen LogP contribution in [0.1, 0.15) is 0 Å². The van der Waals surface area contributed by atoms with Crippen molar-refractivity contribution in [3.05, 3.63) is 0 Å². The molecule has 0 aromatic heterocycles. The molecule has 0 unspecified atom stereocenters. The summed E-state index contributed by atoms with van der Waals surface area (Å²) in [6.45, 7) is 0. The first kappa shape index (κ1) is 34.0. The van der Waals surface area contributed by atoms with E-state index in [-0.39, 0.29) is 77.0 Å². The van der Waals surface area contributed by atoms with Gasteiger partial charge in [0.2, 0.25) is 0 Å². The Morgan fingerprint density at radius 3 is 1.00 bits per heavy atom. The zero-order valence-electron chi connectivity index (χ0n) is 1.91. The van der Waals surface area contributed by atoms with Crippen LogP contribution in [0.2, 0.25) is 0 Å². The molecule has 0 rings (SSSR count). The number of hydrogen-bond acceptors (Lipinski definition) is 0. The second-order valence-corrected chi connectivity index (χ2v) is 0. The van der Waals surface area contributed by atoms with Gasteiger partial charge in [-0.1, -0.05) is 0 Å². The van der Waals surface area contributed by atoms with Gasteiger partial charge in [0.15, 0.2) is 0 Å². The summed E-state index contributed by atoms with van der Waals surface area (Å²) < 4.78 is 0. The Kier molecular flexibility index (Phi) is 159. The fourth-order valence-corrected chi connectivity index (χ4v) is 0. The van der Waals surface area contributed by atoms with Crippen LogP contribution in [0.25, 0.3) is 0 Å². The maximum atomic E-state index is 0. The van der Waals surface area contributed by atoms with Crippen LogP contribution >= 0.6 is 12.4 Å². The van der Waals surface area contributed by atoms with Crippen LogP contribution in [0, 0.1) is 0 Å². The van der Waals surface area contributed by atoms with E-state index in [1.165, 1.54) is 0 Å². The molecule has 0 aromatic carbocycles. The zero-order valence-corrected chi connectivity index (χ0v) is 4.72. The SMILES string of the molecule is Cl.O.[Na+].[NaH]. The molecular weight excluding hydrogens is 97.4 g/mol. The Morgan fingerprint density at radius 1 is 1.00 bits per heavy atom. The van der Waals surface area contributed by atoms with Crippen molar-refractivity contribution in [1.82, 2.24) is 0 Å². The monoisotopic (exact) mass is 101 g/mol. The van der Waals surface area contributed by atoms with Crippen molar-refractivity contribution < 1.29 is 35.0 Å². The summed E-state index contributed by atoms with van der Waals surface area (Å²) in [5.41, 5.74) is 0. The van der Waals surface area contributed by atoms with Crippen LogP contribution < -0.4 is 29.6 Å². The first-order chi connectivity index (χ1) is 0. The van der Waals surface area contributed by atoms with Gasteiger partial charge >= 0.3 is 59.1 Å². The molecule has 18 valence electrons. The van der Waals surface area contributed by atoms with Gasteiger partial charge in [0.05, 0.1) is 0 Å². The Bertz CT molecular complexity index is 6.00. The van der Waals surface area contributed by atoms with Crippen molar-refractivity contribution in [3.63, 3.8) is 0 Å².